The summed E-state index contributed by atoms with van der Waals surface area (Å²) in [6.07, 6.45) is 0.899. The molecule has 4 rings (SSSR count). The van der Waals surface area contributed by atoms with Gasteiger partial charge in [0.2, 0.25) is 0 Å². The number of hydrogen-bond donors (Lipinski definition) is 0. The van der Waals surface area contributed by atoms with Crippen LogP contribution in [0, 0.1) is 0 Å². The van der Waals surface area contributed by atoms with Crippen LogP contribution in [0.15, 0.2) is 88.8 Å². The highest BCUT2D eigenvalue weighted by Gasteiger charge is 2.22. The second-order valence-electron chi connectivity index (χ2n) is 5.98. The zero-order chi connectivity index (χ0) is 17.1. The molecule has 0 bridgehead atoms. The Balaban J connectivity index is 1.76. The zero-order valence-corrected chi connectivity index (χ0v) is 14.9. The molecule has 1 heterocycles. The van der Waals surface area contributed by atoms with Gasteiger partial charge in [-0.1, -0.05) is 54.6 Å². The first-order valence-electron chi connectivity index (χ1n) is 8.36. The van der Waals surface area contributed by atoms with E-state index in [1.54, 1.807) is 7.11 Å². The van der Waals surface area contributed by atoms with E-state index >= 15 is 0 Å². The molecule has 3 heteroatoms. The Kier molecular flexibility index (Phi) is 4.57. The third-order valence-electron chi connectivity index (χ3n) is 4.36. The van der Waals surface area contributed by atoms with Gasteiger partial charge in [0.05, 0.1) is 12.8 Å². The molecule has 0 unspecified atom stereocenters. The Morgan fingerprint density at radius 3 is 2.36 bits per heavy atom. The highest BCUT2D eigenvalue weighted by Crippen LogP contribution is 2.45. The third kappa shape index (κ3) is 3.47. The van der Waals surface area contributed by atoms with Crippen LogP contribution in [0.1, 0.15) is 22.8 Å². The predicted octanol–water partition coefficient (Wildman–Crippen LogP) is 6.05. The van der Waals surface area contributed by atoms with Gasteiger partial charge in [-0.3, -0.25) is 4.99 Å². The maximum Gasteiger partial charge on any atom is 0.118 e. The van der Waals surface area contributed by atoms with Crippen LogP contribution >= 0.6 is 11.8 Å². The van der Waals surface area contributed by atoms with Gasteiger partial charge in [-0.2, -0.15) is 0 Å². The number of para-hydroxylation sites is 1. The smallest absolute Gasteiger partial charge is 0.118 e. The van der Waals surface area contributed by atoms with Crippen molar-refractivity contribution in [2.75, 3.05) is 7.11 Å². The van der Waals surface area contributed by atoms with Gasteiger partial charge in [0.15, 0.2) is 0 Å². The maximum atomic E-state index is 5.30. The maximum absolute atomic E-state index is 5.30. The van der Waals surface area contributed by atoms with Crippen molar-refractivity contribution in [3.05, 3.63) is 90.0 Å². The Hall–Kier alpha value is -2.52. The number of hydrogen-bond acceptors (Lipinski definition) is 3. The second-order valence-corrected chi connectivity index (χ2v) is 7.22. The predicted molar refractivity (Wildman–Crippen MR) is 105 cm³/mol. The number of benzene rings is 3. The minimum atomic E-state index is 0.327. The largest absolute Gasteiger partial charge is 0.497 e. The standard InChI is InChI=1S/C22H19NOS/c1-24-18-13-11-17(12-14-18)22-15-20(16-7-3-2-4-8-16)23-19-9-5-6-10-21(19)25-22/h2-14,22H,15H2,1H3/t22-/m1/s1. The first kappa shape index (κ1) is 16.0. The molecule has 0 aliphatic carbocycles. The fraction of sp³-hybridized carbons (Fsp3) is 0.136. The van der Waals surface area contributed by atoms with E-state index < -0.39 is 0 Å². The molecule has 25 heavy (non-hydrogen) atoms. The molecular formula is C22H19NOS. The molecule has 0 saturated heterocycles. The topological polar surface area (TPSA) is 21.6 Å². The molecule has 1 aliphatic heterocycles. The lowest BCUT2D eigenvalue weighted by Gasteiger charge is -2.16. The fourth-order valence-electron chi connectivity index (χ4n) is 3.03. The number of fused-ring (bicyclic) bond motifs is 1. The molecule has 0 radical (unpaired) electrons. The minimum Gasteiger partial charge on any atom is -0.497 e. The summed E-state index contributed by atoms with van der Waals surface area (Å²) in [5.41, 5.74) is 4.69. The zero-order valence-electron chi connectivity index (χ0n) is 14.1. The van der Waals surface area contributed by atoms with Crippen molar-refractivity contribution in [1.29, 1.82) is 0 Å². The molecule has 124 valence electrons. The lowest BCUT2D eigenvalue weighted by Crippen LogP contribution is -2.05. The van der Waals surface area contributed by atoms with Crippen molar-refractivity contribution in [2.24, 2.45) is 4.99 Å². The monoisotopic (exact) mass is 345 g/mol. The van der Waals surface area contributed by atoms with Crippen LogP contribution in [-0.4, -0.2) is 12.8 Å². The Morgan fingerprint density at radius 2 is 1.60 bits per heavy atom. The number of rotatable bonds is 3. The van der Waals surface area contributed by atoms with Crippen LogP contribution in [0.4, 0.5) is 5.69 Å². The molecule has 3 aromatic rings. The molecule has 0 N–H and O–H groups in total. The van der Waals surface area contributed by atoms with Crippen LogP contribution in [0.3, 0.4) is 0 Å². The van der Waals surface area contributed by atoms with E-state index in [1.807, 2.05) is 30.0 Å². The van der Waals surface area contributed by atoms with Crippen molar-refractivity contribution < 1.29 is 4.74 Å². The van der Waals surface area contributed by atoms with E-state index in [1.165, 1.54) is 16.0 Å². The van der Waals surface area contributed by atoms with E-state index in [0.717, 1.165) is 23.6 Å². The summed E-state index contributed by atoms with van der Waals surface area (Å²) in [5.74, 6) is 0.889. The van der Waals surface area contributed by atoms with Crippen LogP contribution < -0.4 is 4.74 Å². The molecule has 2 nitrogen and oxygen atoms in total. The molecule has 0 aromatic heterocycles. The number of methoxy groups -OCH3 is 1. The molecule has 0 amide bonds. The van der Waals surface area contributed by atoms with Gasteiger partial charge in [0.25, 0.3) is 0 Å². The summed E-state index contributed by atoms with van der Waals surface area (Å²) in [7, 11) is 1.70. The lowest BCUT2D eigenvalue weighted by molar-refractivity contribution is 0.414. The Labute approximate surface area is 152 Å². The van der Waals surface area contributed by atoms with Gasteiger partial charge in [-0.15, -0.1) is 11.8 Å². The van der Waals surface area contributed by atoms with Gasteiger partial charge < -0.3 is 4.74 Å². The van der Waals surface area contributed by atoms with Gasteiger partial charge in [-0.05, 0) is 35.4 Å². The summed E-state index contributed by atoms with van der Waals surface area (Å²) >= 11 is 1.89. The molecule has 3 aromatic carbocycles. The number of aliphatic imine (C=N–C) groups is 1. The summed E-state index contributed by atoms with van der Waals surface area (Å²) in [6.45, 7) is 0. The van der Waals surface area contributed by atoms with Gasteiger partial charge in [0, 0.05) is 22.3 Å². The average Bonchev–Trinajstić information content (AvgIpc) is 2.88. The second kappa shape index (κ2) is 7.16. The van der Waals surface area contributed by atoms with E-state index in [0.29, 0.717) is 5.25 Å². The van der Waals surface area contributed by atoms with Crippen molar-refractivity contribution in [2.45, 2.75) is 16.6 Å². The van der Waals surface area contributed by atoms with Crippen molar-refractivity contribution in [3.8, 4) is 5.75 Å². The first-order chi connectivity index (χ1) is 12.3. The Bertz CT molecular complexity index is 887. The molecule has 1 aliphatic rings. The molecule has 0 spiro atoms. The van der Waals surface area contributed by atoms with Crippen molar-refractivity contribution >= 4 is 23.2 Å². The van der Waals surface area contributed by atoms with Crippen molar-refractivity contribution in [1.82, 2.24) is 0 Å². The number of ether oxygens (including phenoxy) is 1. The number of thioether (sulfide) groups is 1. The fourth-order valence-corrected chi connectivity index (χ4v) is 4.26. The minimum absolute atomic E-state index is 0.327. The molecule has 1 atom stereocenters. The summed E-state index contributed by atoms with van der Waals surface area (Å²) < 4.78 is 5.30. The average molecular weight is 345 g/mol. The molecule has 0 saturated carbocycles. The third-order valence-corrected chi connectivity index (χ3v) is 5.69. The van der Waals surface area contributed by atoms with E-state index in [-0.39, 0.29) is 0 Å². The van der Waals surface area contributed by atoms with Crippen molar-refractivity contribution in [3.63, 3.8) is 0 Å². The SMILES string of the molecule is COc1ccc([C@H]2CC(c3ccccc3)=Nc3ccccc3S2)cc1. The quantitative estimate of drug-likeness (QED) is 0.576. The molecule has 0 fully saturated rings. The summed E-state index contributed by atoms with van der Waals surface area (Å²) in [6, 6.07) is 27.3. The summed E-state index contributed by atoms with van der Waals surface area (Å²) in [5, 5.41) is 0.327. The van der Waals surface area contributed by atoms with Gasteiger partial charge in [0.1, 0.15) is 5.75 Å². The van der Waals surface area contributed by atoms with Crippen LogP contribution in [0.2, 0.25) is 0 Å². The van der Waals surface area contributed by atoms with Crippen LogP contribution in [-0.2, 0) is 0 Å². The highest BCUT2D eigenvalue weighted by atomic mass is 32.2. The van der Waals surface area contributed by atoms with Crippen LogP contribution in [0.5, 0.6) is 5.75 Å². The molecular weight excluding hydrogens is 326 g/mol. The lowest BCUT2D eigenvalue weighted by atomic mass is 10.0. The first-order valence-corrected chi connectivity index (χ1v) is 9.24. The van der Waals surface area contributed by atoms with E-state index in [9.17, 15) is 0 Å². The highest BCUT2D eigenvalue weighted by molar-refractivity contribution is 7.99. The van der Waals surface area contributed by atoms with Gasteiger partial charge in [-0.25, -0.2) is 0 Å². The Morgan fingerprint density at radius 1 is 0.880 bits per heavy atom. The van der Waals surface area contributed by atoms with Gasteiger partial charge >= 0.3 is 0 Å². The van der Waals surface area contributed by atoms with Crippen LogP contribution in [0.25, 0.3) is 0 Å². The normalized spacial score (nSPS) is 16.5. The van der Waals surface area contributed by atoms with E-state index in [4.69, 9.17) is 9.73 Å². The summed E-state index contributed by atoms with van der Waals surface area (Å²) in [4.78, 5) is 6.22. The van der Waals surface area contributed by atoms with E-state index in [2.05, 4.69) is 60.7 Å². The number of nitrogens with zero attached hydrogens (tertiary/aromatic N) is 1.